The Morgan fingerprint density at radius 1 is 0.800 bits per heavy atom. The number of nitrogens with one attached hydrogen (secondary N) is 2. The van der Waals surface area contributed by atoms with Crippen LogP contribution in [0.1, 0.15) is 0 Å². The van der Waals surface area contributed by atoms with Crippen LogP contribution < -0.4 is 10.6 Å². The van der Waals surface area contributed by atoms with E-state index in [-0.39, 0.29) is 17.1 Å². The van der Waals surface area contributed by atoms with E-state index in [1.807, 2.05) is 0 Å². The molecule has 0 spiro atoms. The van der Waals surface area contributed by atoms with Crippen molar-refractivity contribution < 1.29 is 22.8 Å². The van der Waals surface area contributed by atoms with Crippen LogP contribution >= 0.6 is 0 Å². The average Bonchev–Trinajstić information content (AvgIpc) is 2.69. The number of rotatable bonds is 7. The number of hydrogen-bond acceptors (Lipinski definition) is 8. The monoisotopic (exact) mass is 430 g/mol. The topological polar surface area (TPSA) is 165 Å². The second kappa shape index (κ2) is 8.14. The Morgan fingerprint density at radius 2 is 1.50 bits per heavy atom. The summed E-state index contributed by atoms with van der Waals surface area (Å²) in [5.41, 5.74) is -0.623. The summed E-state index contributed by atoms with van der Waals surface area (Å²) in [6.07, 6.45) is 0. The van der Waals surface area contributed by atoms with Crippen molar-refractivity contribution in [1.29, 1.82) is 0 Å². The maximum Gasteiger partial charge on any atom is 0.299 e. The molecule has 0 unspecified atom stereocenters. The lowest BCUT2D eigenvalue weighted by Crippen LogP contribution is -2.07. The summed E-state index contributed by atoms with van der Waals surface area (Å²) >= 11 is 0. The molecule has 0 fully saturated rings. The molecule has 3 aromatic carbocycles. The van der Waals surface area contributed by atoms with Gasteiger partial charge in [0.15, 0.2) is 0 Å². The highest BCUT2D eigenvalue weighted by atomic mass is 32.2. The molecule has 0 amide bonds. The third kappa shape index (κ3) is 4.51. The molecule has 0 saturated carbocycles. The molecule has 0 heterocycles. The molecule has 0 aromatic heterocycles. The molecule has 0 radical (unpaired) electrons. The third-order valence-corrected chi connectivity index (χ3v) is 4.90. The standard InChI is InChI=1S/C18H14N4O7S/c23-21(24)13-9-10-14(16(11-13)22(25)26)20-15-7-4-8-17(30(27,28)29)18(15)19-12-5-2-1-3-6-12/h1-11,19-20H,(H,27,28,29). The van der Waals surface area contributed by atoms with Gasteiger partial charge in [0, 0.05) is 11.8 Å². The van der Waals surface area contributed by atoms with Gasteiger partial charge < -0.3 is 10.6 Å². The smallest absolute Gasteiger partial charge is 0.299 e. The van der Waals surface area contributed by atoms with Gasteiger partial charge in [-0.1, -0.05) is 24.3 Å². The second-order valence-electron chi connectivity index (χ2n) is 5.99. The van der Waals surface area contributed by atoms with Gasteiger partial charge in [0.05, 0.1) is 27.3 Å². The number of nitrogens with zero attached hydrogens (tertiary/aromatic N) is 2. The highest BCUT2D eigenvalue weighted by Gasteiger charge is 2.23. The Hall–Kier alpha value is -4.03. The first-order valence-corrected chi connectivity index (χ1v) is 9.73. The fourth-order valence-electron chi connectivity index (χ4n) is 2.68. The summed E-state index contributed by atoms with van der Waals surface area (Å²) in [6, 6.07) is 15.4. The van der Waals surface area contributed by atoms with Crippen LogP contribution in [0.3, 0.4) is 0 Å². The van der Waals surface area contributed by atoms with E-state index >= 15 is 0 Å². The summed E-state index contributed by atoms with van der Waals surface area (Å²) in [4.78, 5) is 20.3. The SMILES string of the molecule is O=[N+]([O-])c1ccc(Nc2cccc(S(=O)(=O)O)c2Nc2ccccc2)c([N+](=O)[O-])c1. The van der Waals surface area contributed by atoms with Crippen molar-refractivity contribution in [2.45, 2.75) is 4.90 Å². The highest BCUT2D eigenvalue weighted by Crippen LogP contribution is 2.37. The van der Waals surface area contributed by atoms with Crippen LogP contribution in [0.25, 0.3) is 0 Å². The van der Waals surface area contributed by atoms with E-state index in [9.17, 15) is 33.2 Å². The molecule has 12 heteroatoms. The van der Waals surface area contributed by atoms with Gasteiger partial charge in [-0.3, -0.25) is 24.8 Å². The second-order valence-corrected chi connectivity index (χ2v) is 7.38. The molecule has 0 aliphatic heterocycles. The van der Waals surface area contributed by atoms with Crippen molar-refractivity contribution in [3.63, 3.8) is 0 Å². The van der Waals surface area contributed by atoms with Gasteiger partial charge in [-0.05, 0) is 30.3 Å². The molecule has 30 heavy (non-hydrogen) atoms. The summed E-state index contributed by atoms with van der Waals surface area (Å²) in [5, 5.41) is 27.9. The lowest BCUT2D eigenvalue weighted by atomic mass is 10.2. The van der Waals surface area contributed by atoms with Crippen LogP contribution in [-0.2, 0) is 10.1 Å². The summed E-state index contributed by atoms with van der Waals surface area (Å²) < 4.78 is 33.3. The first kappa shape index (κ1) is 20.7. The first-order chi connectivity index (χ1) is 14.2. The average molecular weight is 430 g/mol. The highest BCUT2D eigenvalue weighted by molar-refractivity contribution is 7.86. The van der Waals surface area contributed by atoms with Crippen LogP contribution in [-0.4, -0.2) is 22.8 Å². The summed E-state index contributed by atoms with van der Waals surface area (Å²) in [7, 11) is -4.64. The van der Waals surface area contributed by atoms with Gasteiger partial charge in [-0.15, -0.1) is 0 Å². The van der Waals surface area contributed by atoms with Crippen molar-refractivity contribution in [2.24, 2.45) is 0 Å². The van der Waals surface area contributed by atoms with E-state index in [0.717, 1.165) is 24.3 Å². The predicted octanol–water partition coefficient (Wildman–Crippen LogP) is 4.24. The number of para-hydroxylation sites is 2. The van der Waals surface area contributed by atoms with Gasteiger partial charge in [-0.2, -0.15) is 8.42 Å². The zero-order chi connectivity index (χ0) is 21.9. The quantitative estimate of drug-likeness (QED) is 0.282. The maximum atomic E-state index is 11.8. The Balaban J connectivity index is 2.13. The Labute approximate surface area is 170 Å². The predicted molar refractivity (Wildman–Crippen MR) is 109 cm³/mol. The maximum absolute atomic E-state index is 11.8. The molecular formula is C18H14N4O7S. The van der Waals surface area contributed by atoms with E-state index in [1.54, 1.807) is 30.3 Å². The summed E-state index contributed by atoms with van der Waals surface area (Å²) in [5.74, 6) is 0. The number of benzene rings is 3. The van der Waals surface area contributed by atoms with Crippen molar-refractivity contribution >= 4 is 44.2 Å². The van der Waals surface area contributed by atoms with Crippen LogP contribution in [0.2, 0.25) is 0 Å². The molecule has 0 aliphatic rings. The van der Waals surface area contributed by atoms with Gasteiger partial charge in [0.1, 0.15) is 10.6 Å². The van der Waals surface area contributed by atoms with Gasteiger partial charge in [0.2, 0.25) is 0 Å². The Bertz CT molecular complexity index is 1230. The zero-order valence-electron chi connectivity index (χ0n) is 15.1. The fourth-order valence-corrected chi connectivity index (χ4v) is 3.35. The van der Waals surface area contributed by atoms with Crippen molar-refractivity contribution in [2.75, 3.05) is 10.6 Å². The molecule has 0 bridgehead atoms. The lowest BCUT2D eigenvalue weighted by molar-refractivity contribution is -0.393. The molecule has 0 atom stereocenters. The molecule has 0 aliphatic carbocycles. The number of nitro groups is 2. The molecule has 154 valence electrons. The third-order valence-electron chi connectivity index (χ3n) is 4.01. The number of non-ortho nitro benzene ring substituents is 1. The molecule has 3 rings (SSSR count). The number of anilines is 4. The largest absolute Gasteiger partial charge is 0.353 e. The Kier molecular flexibility index (Phi) is 5.62. The van der Waals surface area contributed by atoms with Crippen LogP contribution in [0.15, 0.2) is 71.6 Å². The number of hydrogen-bond donors (Lipinski definition) is 3. The van der Waals surface area contributed by atoms with Gasteiger partial charge in [-0.25, -0.2) is 0 Å². The van der Waals surface area contributed by atoms with Crippen LogP contribution in [0.4, 0.5) is 34.1 Å². The molecule has 0 saturated heterocycles. The normalized spacial score (nSPS) is 11.0. The lowest BCUT2D eigenvalue weighted by Gasteiger charge is -2.17. The Morgan fingerprint density at radius 3 is 2.10 bits per heavy atom. The van der Waals surface area contributed by atoms with Crippen LogP contribution in [0.5, 0.6) is 0 Å². The van der Waals surface area contributed by atoms with Gasteiger partial charge in [0.25, 0.3) is 21.5 Å². The number of nitro benzene ring substituents is 2. The van der Waals surface area contributed by atoms with Crippen molar-refractivity contribution in [3.05, 3.63) is 87.0 Å². The first-order valence-electron chi connectivity index (χ1n) is 8.29. The van der Waals surface area contributed by atoms with Crippen molar-refractivity contribution in [1.82, 2.24) is 0 Å². The van der Waals surface area contributed by atoms with E-state index in [1.165, 1.54) is 12.1 Å². The van der Waals surface area contributed by atoms with Crippen molar-refractivity contribution in [3.8, 4) is 0 Å². The fraction of sp³-hybridized carbons (Fsp3) is 0. The minimum atomic E-state index is -4.64. The minimum Gasteiger partial charge on any atom is -0.353 e. The summed E-state index contributed by atoms with van der Waals surface area (Å²) in [6.45, 7) is 0. The van der Waals surface area contributed by atoms with Crippen LogP contribution in [0, 0.1) is 20.2 Å². The van der Waals surface area contributed by atoms with E-state index < -0.39 is 36.2 Å². The van der Waals surface area contributed by atoms with E-state index in [2.05, 4.69) is 10.6 Å². The molecule has 3 N–H and O–H groups in total. The molecular weight excluding hydrogens is 416 g/mol. The molecule has 11 nitrogen and oxygen atoms in total. The van der Waals surface area contributed by atoms with Gasteiger partial charge >= 0.3 is 0 Å². The zero-order valence-corrected chi connectivity index (χ0v) is 15.9. The van der Waals surface area contributed by atoms with E-state index in [0.29, 0.717) is 5.69 Å². The molecule has 3 aromatic rings. The van der Waals surface area contributed by atoms with E-state index in [4.69, 9.17) is 0 Å². The minimum absolute atomic E-state index is 0.0566.